The van der Waals surface area contributed by atoms with Crippen molar-refractivity contribution in [2.75, 3.05) is 19.8 Å². The molecule has 0 bridgehead atoms. The van der Waals surface area contributed by atoms with Crippen LogP contribution in [0.25, 0.3) is 0 Å². The summed E-state index contributed by atoms with van der Waals surface area (Å²) < 4.78 is 24.1. The van der Waals surface area contributed by atoms with Crippen molar-refractivity contribution in [2.45, 2.75) is 185 Å². The Morgan fingerprint density at radius 1 is 0.732 bits per heavy atom. The molecule has 0 aromatic rings. The fourth-order valence-corrected chi connectivity index (χ4v) is 13.2. The molecule has 0 amide bonds. The van der Waals surface area contributed by atoms with Gasteiger partial charge in [-0.1, -0.05) is 46.3 Å². The van der Waals surface area contributed by atoms with Crippen LogP contribution in [-0.4, -0.2) is 150 Å². The smallest absolute Gasteiger partial charge is 0.187 e. The Balaban J connectivity index is 1.26. The molecule has 20 atom stereocenters. The van der Waals surface area contributed by atoms with E-state index in [0.717, 1.165) is 44.1 Å². The summed E-state index contributed by atoms with van der Waals surface area (Å²) in [7, 11) is 0. The maximum absolute atomic E-state index is 12.4. The van der Waals surface area contributed by atoms with Gasteiger partial charge in [-0.25, -0.2) is 0 Å². The van der Waals surface area contributed by atoms with E-state index in [-0.39, 0.29) is 52.1 Å². The van der Waals surface area contributed by atoms with Gasteiger partial charge >= 0.3 is 0 Å². The molecule has 0 aromatic heterocycles. The van der Waals surface area contributed by atoms with Crippen LogP contribution in [0.2, 0.25) is 0 Å². The van der Waals surface area contributed by atoms with E-state index >= 15 is 0 Å². The van der Waals surface area contributed by atoms with E-state index < -0.39 is 86.3 Å². The van der Waals surface area contributed by atoms with Gasteiger partial charge in [-0.05, 0) is 117 Å². The molecule has 0 aromatic carbocycles. The van der Waals surface area contributed by atoms with Crippen molar-refractivity contribution in [3.63, 3.8) is 0 Å². The number of fused-ring (bicyclic) bond motifs is 5. The van der Waals surface area contributed by atoms with E-state index in [9.17, 15) is 51.1 Å². The van der Waals surface area contributed by atoms with Crippen LogP contribution in [0.1, 0.15) is 106 Å². The molecule has 0 radical (unpaired) electrons. The maximum Gasteiger partial charge on any atom is 0.187 e. The second-order valence-electron chi connectivity index (χ2n) is 20.1. The average Bonchev–Trinajstić information content (AvgIpc) is 3.54. The summed E-state index contributed by atoms with van der Waals surface area (Å²) in [6.45, 7) is 14.2. The molecule has 0 spiro atoms. The Bertz CT molecular complexity index is 1390. The molecular formula is C42H72O14. The highest BCUT2D eigenvalue weighted by molar-refractivity contribution is 5.20. The molecule has 2 heterocycles. The van der Waals surface area contributed by atoms with Crippen LogP contribution in [0.4, 0.5) is 0 Å². The van der Waals surface area contributed by atoms with Gasteiger partial charge in [0, 0.05) is 0 Å². The van der Waals surface area contributed by atoms with Gasteiger partial charge in [-0.2, -0.15) is 0 Å². The summed E-state index contributed by atoms with van der Waals surface area (Å²) in [6.07, 6.45) is -7.60. The summed E-state index contributed by atoms with van der Waals surface area (Å²) in [6, 6.07) is 0. The number of rotatable bonds is 11. The molecule has 14 nitrogen and oxygen atoms in total. The second-order valence-corrected chi connectivity index (χ2v) is 20.1. The van der Waals surface area contributed by atoms with Crippen molar-refractivity contribution in [3.05, 3.63) is 11.6 Å². The summed E-state index contributed by atoms with van der Waals surface area (Å²) in [5.74, 6) is 0.228. The zero-order chi connectivity index (χ0) is 41.3. The number of ether oxygens (including phenoxy) is 4. The zero-order valence-corrected chi connectivity index (χ0v) is 34.4. The van der Waals surface area contributed by atoms with Crippen LogP contribution >= 0.6 is 0 Å². The van der Waals surface area contributed by atoms with Crippen LogP contribution in [0.3, 0.4) is 0 Å². The molecule has 6 fully saturated rings. The molecule has 6 rings (SSSR count). The van der Waals surface area contributed by atoms with E-state index in [1.807, 2.05) is 19.9 Å². The molecule has 20 unspecified atom stereocenters. The largest absolute Gasteiger partial charge is 0.394 e. The molecule has 2 saturated heterocycles. The van der Waals surface area contributed by atoms with Gasteiger partial charge in [-0.3, -0.25) is 0 Å². The van der Waals surface area contributed by atoms with Crippen molar-refractivity contribution in [1.82, 2.24) is 0 Å². The summed E-state index contributed by atoms with van der Waals surface area (Å²) in [5, 5.41) is 107. The van der Waals surface area contributed by atoms with Crippen molar-refractivity contribution >= 4 is 0 Å². The first-order valence-electron chi connectivity index (χ1n) is 21.0. The maximum atomic E-state index is 12.4. The molecule has 6 aliphatic rings. The van der Waals surface area contributed by atoms with E-state index in [1.54, 1.807) is 0 Å². The zero-order valence-electron chi connectivity index (χ0n) is 34.4. The summed E-state index contributed by atoms with van der Waals surface area (Å²) >= 11 is 0. The first-order chi connectivity index (χ1) is 26.1. The minimum absolute atomic E-state index is 0.0427. The number of aliphatic hydroxyl groups excluding tert-OH is 10. The predicted octanol–water partition coefficient (Wildman–Crippen LogP) is 1.12. The van der Waals surface area contributed by atoms with Crippen LogP contribution < -0.4 is 0 Å². The van der Waals surface area contributed by atoms with Gasteiger partial charge in [0.05, 0.1) is 37.6 Å². The Kier molecular flexibility index (Phi) is 13.0. The lowest BCUT2D eigenvalue weighted by atomic mass is 9.35. The summed E-state index contributed by atoms with van der Waals surface area (Å²) in [4.78, 5) is 0. The average molecular weight is 801 g/mol. The quantitative estimate of drug-likeness (QED) is 0.132. The Labute approximate surface area is 331 Å². The van der Waals surface area contributed by atoms with E-state index in [1.165, 1.54) is 0 Å². The van der Waals surface area contributed by atoms with Gasteiger partial charge in [0.2, 0.25) is 0 Å². The number of hydrogen-bond acceptors (Lipinski definition) is 14. The molecule has 10 N–H and O–H groups in total. The van der Waals surface area contributed by atoms with Crippen LogP contribution in [-0.2, 0) is 18.9 Å². The summed E-state index contributed by atoms with van der Waals surface area (Å²) in [5.41, 5.74) is -0.860. The lowest BCUT2D eigenvalue weighted by Crippen LogP contribution is -2.67. The standard InChI is InChI=1S/C42H72O14/c1-21(18-43)9-8-13-42(7,56-37-35(52)33(50)31(48)25(55-37)20-53-36-34(51)32(49)30(47)24(19-44)54-36)22-10-15-41(6)29(22)23(45)17-27-39(4)14-12-28(46)38(2,3)26(39)11-16-40(27,41)5/h9,22-37,43-52H,8,10-20H2,1-7H3. The molecule has 4 aliphatic carbocycles. The van der Waals surface area contributed by atoms with Crippen LogP contribution in [0.15, 0.2) is 11.6 Å². The van der Waals surface area contributed by atoms with Gasteiger partial charge in [0.1, 0.15) is 48.8 Å². The number of aliphatic hydroxyl groups is 10. The first-order valence-corrected chi connectivity index (χ1v) is 21.0. The highest BCUT2D eigenvalue weighted by atomic mass is 16.7. The fourth-order valence-electron chi connectivity index (χ4n) is 13.2. The Hall–Kier alpha value is -0.820. The third-order valence-electron chi connectivity index (χ3n) is 16.9. The van der Waals surface area contributed by atoms with Gasteiger partial charge < -0.3 is 70.0 Å². The SMILES string of the molecule is CC(=CCCC(C)(OC1OC(COC2OC(CO)C(O)C(O)C2O)C(O)C(O)C1O)C1CCC2(C)C1C(O)CC1C3(C)CCC(O)C(C)(C)C3CCC12C)CO. The third-order valence-corrected chi connectivity index (χ3v) is 16.9. The number of hydrogen-bond donors (Lipinski definition) is 10. The molecule has 324 valence electrons. The molecule has 14 heteroatoms. The van der Waals surface area contributed by atoms with Crippen LogP contribution in [0.5, 0.6) is 0 Å². The highest BCUT2D eigenvalue weighted by Gasteiger charge is 2.71. The number of allylic oxidation sites excluding steroid dienone is 1. The normalized spacial score (nSPS) is 51.8. The molecule has 2 aliphatic heterocycles. The molecular weight excluding hydrogens is 728 g/mol. The molecule has 4 saturated carbocycles. The van der Waals surface area contributed by atoms with E-state index in [2.05, 4.69) is 34.6 Å². The van der Waals surface area contributed by atoms with E-state index in [4.69, 9.17) is 18.9 Å². The highest BCUT2D eigenvalue weighted by Crippen LogP contribution is 2.76. The fraction of sp³-hybridized carbons (Fsp3) is 0.952. The Morgan fingerprint density at radius 3 is 1.98 bits per heavy atom. The van der Waals surface area contributed by atoms with Gasteiger partial charge in [0.25, 0.3) is 0 Å². The minimum atomic E-state index is -1.71. The van der Waals surface area contributed by atoms with Gasteiger partial charge in [0.15, 0.2) is 12.6 Å². The van der Waals surface area contributed by atoms with Gasteiger partial charge in [-0.15, -0.1) is 0 Å². The van der Waals surface area contributed by atoms with Crippen molar-refractivity contribution in [3.8, 4) is 0 Å². The van der Waals surface area contributed by atoms with Crippen LogP contribution in [0, 0.1) is 45.3 Å². The molecule has 56 heavy (non-hydrogen) atoms. The lowest BCUT2D eigenvalue weighted by molar-refractivity contribution is -0.349. The van der Waals surface area contributed by atoms with Crippen molar-refractivity contribution < 1.29 is 70.0 Å². The van der Waals surface area contributed by atoms with Crippen molar-refractivity contribution in [1.29, 1.82) is 0 Å². The predicted molar refractivity (Wildman–Crippen MR) is 202 cm³/mol. The van der Waals surface area contributed by atoms with Crippen molar-refractivity contribution in [2.24, 2.45) is 45.3 Å². The monoisotopic (exact) mass is 800 g/mol. The third kappa shape index (κ3) is 7.26. The minimum Gasteiger partial charge on any atom is -0.394 e. The lowest BCUT2D eigenvalue weighted by Gasteiger charge is -2.70. The topological polar surface area (TPSA) is 239 Å². The first kappa shape index (κ1) is 44.7. The Morgan fingerprint density at radius 2 is 1.34 bits per heavy atom. The van der Waals surface area contributed by atoms with E-state index in [0.29, 0.717) is 25.2 Å². The second kappa shape index (κ2) is 16.2.